The molecule has 9 atom stereocenters. The summed E-state index contributed by atoms with van der Waals surface area (Å²) in [6.45, 7) is -0.431. The molecule has 3 heterocycles. The summed E-state index contributed by atoms with van der Waals surface area (Å²) < 4.78 is 53.3. The van der Waals surface area contributed by atoms with Gasteiger partial charge < -0.3 is 34.6 Å². The summed E-state index contributed by atoms with van der Waals surface area (Å²) in [6, 6.07) is 0. The highest BCUT2D eigenvalue weighted by molar-refractivity contribution is 7.47. The quantitative estimate of drug-likeness (QED) is 0.276. The van der Waals surface area contributed by atoms with Gasteiger partial charge in [0, 0.05) is 0 Å². The van der Waals surface area contributed by atoms with Crippen molar-refractivity contribution in [3.05, 3.63) is 0 Å². The average molecular weight is 422 g/mol. The molecule has 3 rings (SSSR count). The molecule has 4 bridgehead atoms. The van der Waals surface area contributed by atoms with Crippen molar-refractivity contribution in [3.8, 4) is 0 Å². The van der Waals surface area contributed by atoms with E-state index in [0.29, 0.717) is 0 Å². The third-order valence-corrected chi connectivity index (χ3v) is 6.32. The van der Waals surface area contributed by atoms with Crippen LogP contribution in [-0.4, -0.2) is 87.3 Å². The Morgan fingerprint density at radius 2 is 1.58 bits per heavy atom. The second kappa shape index (κ2) is 7.12. The van der Waals surface area contributed by atoms with Crippen molar-refractivity contribution in [2.45, 2.75) is 49.3 Å². The van der Waals surface area contributed by atoms with E-state index in [4.69, 9.17) is 27.6 Å². The second-order valence-electron chi connectivity index (χ2n) is 6.14. The molecule has 3 aliphatic heterocycles. The van der Waals surface area contributed by atoms with Crippen LogP contribution in [0.5, 0.6) is 0 Å². The molecule has 0 radical (unpaired) electrons. The van der Waals surface area contributed by atoms with E-state index in [1.165, 1.54) is 6.92 Å². The van der Waals surface area contributed by atoms with Crippen LogP contribution >= 0.6 is 15.6 Å². The highest BCUT2D eigenvalue weighted by Gasteiger charge is 2.59. The van der Waals surface area contributed by atoms with Gasteiger partial charge in [-0.15, -0.1) is 0 Å². The van der Waals surface area contributed by atoms with E-state index in [2.05, 4.69) is 0 Å². The Morgan fingerprint density at radius 1 is 0.962 bits per heavy atom. The Bertz CT molecular complexity index is 629. The fourth-order valence-corrected chi connectivity index (χ4v) is 4.78. The topological polar surface area (TPSA) is 191 Å². The lowest BCUT2D eigenvalue weighted by Crippen LogP contribution is -2.49. The van der Waals surface area contributed by atoms with Gasteiger partial charge in [-0.1, -0.05) is 0 Å². The van der Waals surface area contributed by atoms with Crippen LogP contribution in [0.3, 0.4) is 0 Å². The SMILES string of the molecule is CC1OC2COP(=O)(O)OC3COC(COP(=O)(O)OC1(O)C2O)C3O. The number of phosphoric acid groups is 2. The normalized spacial score (nSPS) is 56.2. The third-order valence-electron chi connectivity index (χ3n) is 4.31. The molecular formula is C11H20O13P2. The van der Waals surface area contributed by atoms with Crippen molar-refractivity contribution in [1.29, 1.82) is 0 Å². The van der Waals surface area contributed by atoms with Crippen molar-refractivity contribution >= 4 is 15.6 Å². The number of phosphoric ester groups is 2. The number of fused-ring (bicyclic) bond motifs is 4. The second-order valence-corrected chi connectivity index (χ2v) is 8.92. The van der Waals surface area contributed by atoms with Gasteiger partial charge in [0.05, 0.1) is 19.8 Å². The largest absolute Gasteiger partial charge is 0.475 e. The Kier molecular flexibility index (Phi) is 5.68. The first-order valence-corrected chi connectivity index (χ1v) is 10.6. The zero-order chi connectivity index (χ0) is 19.3. The van der Waals surface area contributed by atoms with Crippen LogP contribution in [0, 0.1) is 0 Å². The Morgan fingerprint density at radius 3 is 2.27 bits per heavy atom. The van der Waals surface area contributed by atoms with Crippen LogP contribution in [0.1, 0.15) is 6.92 Å². The highest BCUT2D eigenvalue weighted by atomic mass is 31.2. The number of rotatable bonds is 0. The van der Waals surface area contributed by atoms with E-state index in [9.17, 15) is 34.2 Å². The van der Waals surface area contributed by atoms with E-state index >= 15 is 0 Å². The zero-order valence-corrected chi connectivity index (χ0v) is 15.3. The monoisotopic (exact) mass is 422 g/mol. The predicted octanol–water partition coefficient (Wildman–Crippen LogP) is -1.77. The molecule has 0 saturated carbocycles. The molecule has 0 spiro atoms. The highest BCUT2D eigenvalue weighted by Crippen LogP contribution is 2.53. The number of ether oxygens (including phenoxy) is 2. The third kappa shape index (κ3) is 4.06. The minimum absolute atomic E-state index is 0.302. The number of hydrogen-bond acceptors (Lipinski definition) is 11. The minimum Gasteiger partial charge on any atom is -0.387 e. The van der Waals surface area contributed by atoms with Crippen LogP contribution in [0.15, 0.2) is 0 Å². The first kappa shape index (κ1) is 20.7. The van der Waals surface area contributed by atoms with Crippen LogP contribution in [0.4, 0.5) is 0 Å². The van der Waals surface area contributed by atoms with Gasteiger partial charge in [0.15, 0.2) is 0 Å². The molecule has 9 unspecified atom stereocenters. The zero-order valence-electron chi connectivity index (χ0n) is 13.5. The van der Waals surface area contributed by atoms with Crippen LogP contribution < -0.4 is 0 Å². The van der Waals surface area contributed by atoms with Crippen LogP contribution in [-0.2, 0) is 36.7 Å². The molecule has 5 N–H and O–H groups in total. The summed E-state index contributed by atoms with van der Waals surface area (Å²) in [5.74, 6) is -2.65. The summed E-state index contributed by atoms with van der Waals surface area (Å²) in [6.07, 6.45) is -8.47. The van der Waals surface area contributed by atoms with Gasteiger partial charge in [-0.2, -0.15) is 0 Å². The lowest BCUT2D eigenvalue weighted by atomic mass is 10.1. The number of aliphatic hydroxyl groups is 3. The molecule has 15 heteroatoms. The van der Waals surface area contributed by atoms with Crippen molar-refractivity contribution in [2.75, 3.05) is 19.8 Å². The molecule has 0 aromatic rings. The molecule has 0 aromatic carbocycles. The van der Waals surface area contributed by atoms with Gasteiger partial charge in [-0.25, -0.2) is 13.7 Å². The standard InChI is InChI=1S/C11H20O13P2/c1-5-11(14)10(13)8(22-5)4-20-25(15,16)23-7-2-19-6(9(7)12)3-21-26(17,18)24-11/h5-10,12-14H,2-4H2,1H3,(H,15,16)(H,17,18). The summed E-state index contributed by atoms with van der Waals surface area (Å²) in [7, 11) is -9.57. The maximum absolute atomic E-state index is 12.1. The lowest BCUT2D eigenvalue weighted by molar-refractivity contribution is -0.217. The molecule has 0 aliphatic carbocycles. The summed E-state index contributed by atoms with van der Waals surface area (Å²) in [5, 5.41) is 30.6. The van der Waals surface area contributed by atoms with E-state index in [0.717, 1.165) is 0 Å². The molecule has 3 saturated heterocycles. The summed E-state index contributed by atoms with van der Waals surface area (Å²) >= 11 is 0. The maximum atomic E-state index is 12.1. The smallest absolute Gasteiger partial charge is 0.387 e. The Labute approximate surface area is 147 Å². The molecule has 0 aromatic heterocycles. The van der Waals surface area contributed by atoms with E-state index in [1.807, 2.05) is 0 Å². The van der Waals surface area contributed by atoms with E-state index in [1.54, 1.807) is 0 Å². The van der Waals surface area contributed by atoms with Gasteiger partial charge in [-0.05, 0) is 6.92 Å². The van der Waals surface area contributed by atoms with Crippen LogP contribution in [0.2, 0.25) is 0 Å². The van der Waals surface area contributed by atoms with E-state index in [-0.39, 0.29) is 6.61 Å². The van der Waals surface area contributed by atoms with Gasteiger partial charge in [0.25, 0.3) is 0 Å². The van der Waals surface area contributed by atoms with Gasteiger partial charge >= 0.3 is 15.6 Å². The predicted molar refractivity (Wildman–Crippen MR) is 78.6 cm³/mol. The molecule has 13 nitrogen and oxygen atoms in total. The molecule has 0 amide bonds. The molecule has 152 valence electrons. The van der Waals surface area contributed by atoms with Crippen LogP contribution in [0.25, 0.3) is 0 Å². The van der Waals surface area contributed by atoms with E-state index < -0.39 is 71.3 Å². The molecule has 26 heavy (non-hydrogen) atoms. The van der Waals surface area contributed by atoms with Gasteiger partial charge in [0.2, 0.25) is 5.79 Å². The number of hydrogen-bond donors (Lipinski definition) is 5. The first-order chi connectivity index (χ1) is 11.9. The lowest BCUT2D eigenvalue weighted by Gasteiger charge is -2.31. The molecule has 3 fully saturated rings. The summed E-state index contributed by atoms with van der Waals surface area (Å²) in [5.41, 5.74) is 0. The average Bonchev–Trinajstić information content (AvgIpc) is 2.96. The fourth-order valence-electron chi connectivity index (χ4n) is 2.84. The Hall–Kier alpha value is 0.0200. The molecular weight excluding hydrogens is 402 g/mol. The first-order valence-electron chi connectivity index (χ1n) is 7.63. The minimum atomic E-state index is -4.90. The Balaban J connectivity index is 1.87. The fraction of sp³-hybridized carbons (Fsp3) is 1.00. The number of aliphatic hydroxyl groups excluding tert-OH is 2. The van der Waals surface area contributed by atoms with Crippen molar-refractivity contribution in [3.63, 3.8) is 0 Å². The van der Waals surface area contributed by atoms with Gasteiger partial charge in [0.1, 0.15) is 36.6 Å². The van der Waals surface area contributed by atoms with Crippen molar-refractivity contribution in [1.82, 2.24) is 0 Å². The van der Waals surface area contributed by atoms with Gasteiger partial charge in [-0.3, -0.25) is 13.6 Å². The van der Waals surface area contributed by atoms with Crippen molar-refractivity contribution in [2.24, 2.45) is 0 Å². The molecule has 3 aliphatic rings. The maximum Gasteiger partial charge on any atom is 0.475 e. The van der Waals surface area contributed by atoms with Crippen molar-refractivity contribution < 1.29 is 61.8 Å². The summed E-state index contributed by atoms with van der Waals surface area (Å²) in [4.78, 5) is 19.5.